The van der Waals surface area contributed by atoms with Crippen LogP contribution in [0.15, 0.2) is 231 Å². The van der Waals surface area contributed by atoms with Crippen LogP contribution >= 0.6 is 11.3 Å². The normalized spacial score (nSPS) is 12.6. The highest BCUT2D eigenvalue weighted by molar-refractivity contribution is 7.27. The van der Waals surface area contributed by atoms with Crippen LogP contribution in [0.1, 0.15) is 22.3 Å². The fraction of sp³-hybridized carbons (Fsp3) is 0.0182. The number of nitrogens with zero attached hydrogens (tertiary/aromatic N) is 2. The summed E-state index contributed by atoms with van der Waals surface area (Å²) >= 11 is 1.91. The van der Waals surface area contributed by atoms with E-state index in [1.807, 2.05) is 11.3 Å². The molecule has 2 nitrogen and oxygen atoms in total. The lowest BCUT2D eigenvalue weighted by atomic mass is 9.64. The summed E-state index contributed by atoms with van der Waals surface area (Å²) in [6.07, 6.45) is 0. The average Bonchev–Trinajstić information content (AvgIpc) is 3.67. The van der Waals surface area contributed by atoms with Crippen LogP contribution in [-0.4, -0.2) is 0 Å². The average molecular weight is 759 g/mol. The standard InChI is InChI=1S/C55H38N2S/c1-7-21-39(22-8-1)55(40-23-9-2-10-24-40)47-34-20-19-33-45(47)46-35-37-49(56(41-25-11-3-12-26-41)42-27-13-4-14-28-42)53-51(46)52-48(55)36-38-50(54(52)58-53)57(43-29-15-5-16-30-43)44-31-17-6-18-32-44/h1-38H. The molecular formula is C55H38N2S. The van der Waals surface area contributed by atoms with Gasteiger partial charge >= 0.3 is 0 Å². The van der Waals surface area contributed by atoms with Gasteiger partial charge < -0.3 is 9.80 Å². The van der Waals surface area contributed by atoms with Gasteiger partial charge in [0.1, 0.15) is 0 Å². The molecule has 0 radical (unpaired) electrons. The van der Waals surface area contributed by atoms with Crippen molar-refractivity contribution in [3.63, 3.8) is 0 Å². The Bertz CT molecular complexity index is 2920. The molecule has 1 aliphatic carbocycles. The first-order valence-corrected chi connectivity index (χ1v) is 20.7. The van der Waals surface area contributed by atoms with E-state index in [1.54, 1.807) is 0 Å². The number of thiophene rings is 1. The van der Waals surface area contributed by atoms with Gasteiger partial charge in [0.2, 0.25) is 0 Å². The number of anilines is 6. The second-order valence-corrected chi connectivity index (χ2v) is 15.8. The third-order valence-electron chi connectivity index (χ3n) is 11.7. The number of hydrogen-bond donors (Lipinski definition) is 0. The van der Waals surface area contributed by atoms with E-state index >= 15 is 0 Å². The molecule has 0 unspecified atom stereocenters. The maximum atomic E-state index is 2.44. The molecule has 0 spiro atoms. The predicted molar refractivity (Wildman–Crippen MR) is 246 cm³/mol. The van der Waals surface area contributed by atoms with Gasteiger partial charge in [-0.1, -0.05) is 170 Å². The summed E-state index contributed by atoms with van der Waals surface area (Å²) in [6.45, 7) is 0. The third-order valence-corrected chi connectivity index (χ3v) is 12.9. The summed E-state index contributed by atoms with van der Waals surface area (Å²) in [4.78, 5) is 4.86. The Morgan fingerprint density at radius 1 is 0.293 bits per heavy atom. The molecular weight excluding hydrogens is 721 g/mol. The van der Waals surface area contributed by atoms with Crippen LogP contribution in [0, 0.1) is 0 Å². The van der Waals surface area contributed by atoms with Crippen molar-refractivity contribution in [3.8, 4) is 11.1 Å². The Kier molecular flexibility index (Phi) is 8.27. The first kappa shape index (κ1) is 34.1. The molecule has 0 aliphatic heterocycles. The van der Waals surface area contributed by atoms with Crippen LogP contribution in [0.2, 0.25) is 0 Å². The van der Waals surface area contributed by atoms with Gasteiger partial charge in [-0.15, -0.1) is 11.3 Å². The van der Waals surface area contributed by atoms with E-state index < -0.39 is 5.41 Å². The van der Waals surface area contributed by atoms with Crippen LogP contribution in [0.25, 0.3) is 31.3 Å². The van der Waals surface area contributed by atoms with Crippen molar-refractivity contribution >= 4 is 65.6 Å². The minimum atomic E-state index is -0.619. The topological polar surface area (TPSA) is 6.48 Å². The van der Waals surface area contributed by atoms with Crippen molar-refractivity contribution in [1.82, 2.24) is 0 Å². The summed E-state index contributed by atoms with van der Waals surface area (Å²) in [5.74, 6) is 0. The van der Waals surface area contributed by atoms with Crippen molar-refractivity contribution in [2.75, 3.05) is 9.80 Å². The highest BCUT2D eigenvalue weighted by Gasteiger charge is 2.44. The lowest BCUT2D eigenvalue weighted by molar-refractivity contribution is 0.756. The lowest BCUT2D eigenvalue weighted by Crippen LogP contribution is -2.31. The van der Waals surface area contributed by atoms with Crippen molar-refractivity contribution in [2.45, 2.75) is 5.41 Å². The van der Waals surface area contributed by atoms with Crippen LogP contribution in [0.3, 0.4) is 0 Å². The SMILES string of the molecule is c1ccc(N(c2ccccc2)c2ccc3c4c2sc2c(N(c5ccccc5)c5ccccc5)ccc(c24)C(c2ccccc2)(c2ccccc2)c2ccccc2-3)cc1. The van der Waals surface area contributed by atoms with Gasteiger partial charge in [-0.2, -0.15) is 0 Å². The van der Waals surface area contributed by atoms with Gasteiger partial charge in [0.15, 0.2) is 0 Å². The molecule has 1 aromatic heterocycles. The number of hydrogen-bond acceptors (Lipinski definition) is 3. The van der Waals surface area contributed by atoms with E-state index in [-0.39, 0.29) is 0 Å². The summed E-state index contributed by atoms with van der Waals surface area (Å²) < 4.78 is 2.50. The first-order chi connectivity index (χ1) is 28.8. The number of para-hydroxylation sites is 4. The van der Waals surface area contributed by atoms with Crippen molar-refractivity contribution in [1.29, 1.82) is 0 Å². The molecule has 274 valence electrons. The van der Waals surface area contributed by atoms with Crippen molar-refractivity contribution in [3.05, 3.63) is 253 Å². The second-order valence-electron chi connectivity index (χ2n) is 14.8. The Labute approximate surface area is 343 Å². The van der Waals surface area contributed by atoms with Gasteiger partial charge in [-0.3, -0.25) is 0 Å². The third kappa shape index (κ3) is 5.25. The predicted octanol–water partition coefficient (Wildman–Crippen LogP) is 15.4. The molecule has 58 heavy (non-hydrogen) atoms. The number of fused-ring (bicyclic) bond motifs is 2. The van der Waals surface area contributed by atoms with Crippen LogP contribution in [0.5, 0.6) is 0 Å². The van der Waals surface area contributed by atoms with Crippen molar-refractivity contribution < 1.29 is 0 Å². The Balaban J connectivity index is 1.35. The second kappa shape index (κ2) is 14.1. The Morgan fingerprint density at radius 2 is 0.672 bits per heavy atom. The molecule has 0 atom stereocenters. The Hall–Kier alpha value is -7.20. The van der Waals surface area contributed by atoms with Crippen LogP contribution < -0.4 is 9.80 Å². The fourth-order valence-corrected chi connectivity index (χ4v) is 10.7. The molecule has 1 heterocycles. The molecule has 11 rings (SSSR count). The van der Waals surface area contributed by atoms with Crippen LogP contribution in [-0.2, 0) is 5.41 Å². The Morgan fingerprint density at radius 3 is 1.14 bits per heavy atom. The molecule has 0 fully saturated rings. The van der Waals surface area contributed by atoms with Gasteiger partial charge in [-0.25, -0.2) is 0 Å². The maximum Gasteiger partial charge on any atom is 0.0714 e. The van der Waals surface area contributed by atoms with Gasteiger partial charge in [0, 0.05) is 33.5 Å². The molecule has 0 bridgehead atoms. The molecule has 3 heteroatoms. The smallest absolute Gasteiger partial charge is 0.0714 e. The molecule has 0 N–H and O–H groups in total. The molecule has 10 aromatic rings. The van der Waals surface area contributed by atoms with Crippen LogP contribution in [0.4, 0.5) is 34.1 Å². The largest absolute Gasteiger partial charge is 0.309 e. The minimum Gasteiger partial charge on any atom is -0.309 e. The van der Waals surface area contributed by atoms with E-state index in [1.165, 1.54) is 53.6 Å². The molecule has 0 amide bonds. The summed E-state index contributed by atoms with van der Waals surface area (Å²) in [5, 5.41) is 2.57. The minimum absolute atomic E-state index is 0.619. The van der Waals surface area contributed by atoms with E-state index in [2.05, 4.69) is 240 Å². The molecule has 0 saturated heterocycles. The summed E-state index contributed by atoms with van der Waals surface area (Å²) in [7, 11) is 0. The van der Waals surface area contributed by atoms with E-state index in [0.717, 1.165) is 34.1 Å². The van der Waals surface area contributed by atoms with E-state index in [4.69, 9.17) is 0 Å². The van der Waals surface area contributed by atoms with Gasteiger partial charge in [-0.05, 0) is 94.0 Å². The molecule has 9 aromatic carbocycles. The lowest BCUT2D eigenvalue weighted by Gasteiger charge is -2.38. The van der Waals surface area contributed by atoms with Gasteiger partial charge in [0.05, 0.1) is 26.2 Å². The zero-order chi connectivity index (χ0) is 38.5. The van der Waals surface area contributed by atoms with E-state index in [9.17, 15) is 0 Å². The zero-order valence-corrected chi connectivity index (χ0v) is 32.6. The molecule has 1 aliphatic rings. The maximum absolute atomic E-state index is 2.44. The van der Waals surface area contributed by atoms with Gasteiger partial charge in [0.25, 0.3) is 0 Å². The monoisotopic (exact) mass is 758 g/mol. The highest BCUT2D eigenvalue weighted by Crippen LogP contribution is 2.60. The van der Waals surface area contributed by atoms with E-state index in [0.29, 0.717) is 0 Å². The number of rotatable bonds is 8. The fourth-order valence-electron chi connectivity index (χ4n) is 9.36. The summed E-state index contributed by atoms with van der Waals surface area (Å²) in [6, 6.07) is 84.2. The zero-order valence-electron chi connectivity index (χ0n) is 31.7. The molecule has 0 saturated carbocycles. The summed E-state index contributed by atoms with van der Waals surface area (Å²) in [5.41, 5.74) is 13.7. The van der Waals surface area contributed by atoms with Crippen molar-refractivity contribution in [2.24, 2.45) is 0 Å². The quantitative estimate of drug-likeness (QED) is 0.152. The number of benzene rings is 9. The highest BCUT2D eigenvalue weighted by atomic mass is 32.1. The first-order valence-electron chi connectivity index (χ1n) is 19.9.